The second kappa shape index (κ2) is 6.19. The predicted octanol–water partition coefficient (Wildman–Crippen LogP) is 2.42. The maximum Gasteiger partial charge on any atom is 0.125 e. The zero-order valence-corrected chi connectivity index (χ0v) is 12.6. The molecule has 2 saturated heterocycles. The van der Waals surface area contributed by atoms with Crippen molar-refractivity contribution in [1.82, 2.24) is 14.9 Å². The molecule has 0 bridgehead atoms. The molecule has 0 aromatic carbocycles. The summed E-state index contributed by atoms with van der Waals surface area (Å²) >= 11 is 0. The van der Waals surface area contributed by atoms with Crippen LogP contribution in [0.1, 0.15) is 37.6 Å². The highest BCUT2D eigenvalue weighted by Crippen LogP contribution is 2.32. The lowest BCUT2D eigenvalue weighted by Gasteiger charge is -2.30. The molecule has 0 saturated carbocycles. The fourth-order valence-electron chi connectivity index (χ4n) is 3.57. The highest BCUT2D eigenvalue weighted by molar-refractivity contribution is 5.05. The first-order valence-corrected chi connectivity index (χ1v) is 7.84. The number of hydrogen-bond donors (Lipinski definition) is 0. The number of nitrogens with zero attached hydrogens (tertiary/aromatic N) is 3. The summed E-state index contributed by atoms with van der Waals surface area (Å²) in [7, 11) is 0. The van der Waals surface area contributed by atoms with Crippen molar-refractivity contribution in [2.24, 2.45) is 11.8 Å². The van der Waals surface area contributed by atoms with Crippen LogP contribution >= 0.6 is 0 Å². The lowest BCUT2D eigenvalue weighted by molar-refractivity contribution is -0.0267. The van der Waals surface area contributed by atoms with Gasteiger partial charge in [-0.05, 0) is 32.1 Å². The van der Waals surface area contributed by atoms with Crippen LogP contribution in [-0.2, 0) is 11.3 Å². The normalized spacial score (nSPS) is 31.6. The Morgan fingerprint density at radius 3 is 2.75 bits per heavy atom. The van der Waals surface area contributed by atoms with Crippen LogP contribution in [-0.4, -0.2) is 40.7 Å². The third-order valence-electron chi connectivity index (χ3n) is 4.68. The number of aryl methyl sites for hydroxylation is 1. The molecule has 0 aliphatic carbocycles. The minimum atomic E-state index is 0.484. The van der Waals surface area contributed by atoms with Gasteiger partial charge in [-0.3, -0.25) is 4.90 Å². The van der Waals surface area contributed by atoms with Crippen LogP contribution in [0.3, 0.4) is 0 Å². The smallest absolute Gasteiger partial charge is 0.125 e. The van der Waals surface area contributed by atoms with E-state index in [0.29, 0.717) is 12.0 Å². The molecule has 0 radical (unpaired) electrons. The quantitative estimate of drug-likeness (QED) is 0.849. The molecule has 3 unspecified atom stereocenters. The van der Waals surface area contributed by atoms with Gasteiger partial charge in [0.15, 0.2) is 0 Å². The molecular formula is C16H25N3O. The van der Waals surface area contributed by atoms with Crippen molar-refractivity contribution < 1.29 is 4.74 Å². The fraction of sp³-hybridized carbons (Fsp3) is 0.750. The molecule has 2 fully saturated rings. The van der Waals surface area contributed by atoms with E-state index in [1.807, 2.05) is 19.3 Å². The summed E-state index contributed by atoms with van der Waals surface area (Å²) in [5.41, 5.74) is 1.22. The van der Waals surface area contributed by atoms with Crippen LogP contribution in [0, 0.1) is 18.8 Å². The molecule has 3 rings (SSSR count). The minimum absolute atomic E-state index is 0.484. The monoisotopic (exact) mass is 275 g/mol. The molecule has 3 atom stereocenters. The number of hydrogen-bond acceptors (Lipinski definition) is 4. The van der Waals surface area contributed by atoms with Crippen LogP contribution in [0.15, 0.2) is 12.4 Å². The lowest BCUT2D eigenvalue weighted by atomic mass is 9.88. The summed E-state index contributed by atoms with van der Waals surface area (Å²) in [6.07, 6.45) is 8.21. The van der Waals surface area contributed by atoms with Gasteiger partial charge in [-0.15, -0.1) is 0 Å². The van der Waals surface area contributed by atoms with Gasteiger partial charge in [0.05, 0.1) is 6.10 Å². The Balaban J connectivity index is 1.58. The van der Waals surface area contributed by atoms with E-state index in [9.17, 15) is 0 Å². The number of ether oxygens (including phenoxy) is 1. The third-order valence-corrected chi connectivity index (χ3v) is 4.68. The van der Waals surface area contributed by atoms with Crippen LogP contribution in [0.2, 0.25) is 0 Å². The molecule has 4 heteroatoms. The first kappa shape index (κ1) is 14.0. The zero-order chi connectivity index (χ0) is 13.9. The van der Waals surface area contributed by atoms with Gasteiger partial charge in [0, 0.05) is 50.1 Å². The molecule has 3 heterocycles. The largest absolute Gasteiger partial charge is 0.378 e. The van der Waals surface area contributed by atoms with E-state index < -0.39 is 0 Å². The van der Waals surface area contributed by atoms with E-state index in [1.54, 1.807) is 0 Å². The minimum Gasteiger partial charge on any atom is -0.378 e. The Bertz CT molecular complexity index is 428. The van der Waals surface area contributed by atoms with Gasteiger partial charge >= 0.3 is 0 Å². The summed E-state index contributed by atoms with van der Waals surface area (Å²) in [6.45, 7) is 8.54. The highest BCUT2D eigenvalue weighted by atomic mass is 16.5. The first-order chi connectivity index (χ1) is 9.72. The molecule has 20 heavy (non-hydrogen) atoms. The van der Waals surface area contributed by atoms with Crippen molar-refractivity contribution in [1.29, 1.82) is 0 Å². The molecule has 0 N–H and O–H groups in total. The van der Waals surface area contributed by atoms with Gasteiger partial charge in [-0.1, -0.05) is 6.92 Å². The molecule has 0 spiro atoms. The van der Waals surface area contributed by atoms with E-state index in [-0.39, 0.29) is 0 Å². The third kappa shape index (κ3) is 3.18. The second-order valence-electron chi connectivity index (χ2n) is 6.38. The highest BCUT2D eigenvalue weighted by Gasteiger charge is 2.36. The SMILES string of the molecule is Cc1ncc(CN2CC(C)C(C3CCCCO3)C2)cn1. The van der Waals surface area contributed by atoms with E-state index in [1.165, 1.54) is 31.4 Å². The maximum atomic E-state index is 6.00. The molecule has 110 valence electrons. The standard InChI is InChI=1S/C16H25N3O/c1-12-9-19(10-14-7-17-13(2)18-8-14)11-15(12)16-5-3-4-6-20-16/h7-8,12,15-16H,3-6,9-11H2,1-2H3. The summed E-state index contributed by atoms with van der Waals surface area (Å²) in [6, 6.07) is 0. The average molecular weight is 275 g/mol. The van der Waals surface area contributed by atoms with Crippen molar-refractivity contribution in [3.63, 3.8) is 0 Å². The lowest BCUT2D eigenvalue weighted by Crippen LogP contribution is -2.32. The van der Waals surface area contributed by atoms with Gasteiger partial charge < -0.3 is 4.74 Å². The topological polar surface area (TPSA) is 38.2 Å². The predicted molar refractivity (Wildman–Crippen MR) is 78.3 cm³/mol. The summed E-state index contributed by atoms with van der Waals surface area (Å²) < 4.78 is 6.00. The molecule has 2 aliphatic rings. The van der Waals surface area contributed by atoms with Crippen LogP contribution in [0.5, 0.6) is 0 Å². The Labute approximate surface area is 121 Å². The van der Waals surface area contributed by atoms with Gasteiger partial charge in [-0.25, -0.2) is 9.97 Å². The molecule has 1 aromatic heterocycles. The van der Waals surface area contributed by atoms with Crippen molar-refractivity contribution >= 4 is 0 Å². The van der Waals surface area contributed by atoms with Crippen LogP contribution in [0.4, 0.5) is 0 Å². The molecule has 2 aliphatic heterocycles. The van der Waals surface area contributed by atoms with E-state index >= 15 is 0 Å². The number of likely N-dealkylation sites (tertiary alicyclic amines) is 1. The van der Waals surface area contributed by atoms with Crippen molar-refractivity contribution in [3.05, 3.63) is 23.8 Å². The van der Waals surface area contributed by atoms with Gasteiger partial charge in [0.2, 0.25) is 0 Å². The second-order valence-corrected chi connectivity index (χ2v) is 6.38. The Kier molecular flexibility index (Phi) is 4.32. The van der Waals surface area contributed by atoms with Gasteiger partial charge in [0.1, 0.15) is 5.82 Å². The summed E-state index contributed by atoms with van der Waals surface area (Å²) in [5.74, 6) is 2.27. The molecule has 0 amide bonds. The molecular weight excluding hydrogens is 250 g/mol. The maximum absolute atomic E-state index is 6.00. The van der Waals surface area contributed by atoms with Crippen molar-refractivity contribution in [2.75, 3.05) is 19.7 Å². The summed E-state index contributed by atoms with van der Waals surface area (Å²) in [4.78, 5) is 11.1. The zero-order valence-electron chi connectivity index (χ0n) is 12.6. The summed E-state index contributed by atoms with van der Waals surface area (Å²) in [5, 5.41) is 0. The number of rotatable bonds is 3. The van der Waals surface area contributed by atoms with Crippen molar-refractivity contribution in [3.8, 4) is 0 Å². The molecule has 4 nitrogen and oxygen atoms in total. The first-order valence-electron chi connectivity index (χ1n) is 7.84. The van der Waals surface area contributed by atoms with Crippen molar-refractivity contribution in [2.45, 2.75) is 45.8 Å². The van der Waals surface area contributed by atoms with E-state index in [0.717, 1.165) is 31.4 Å². The van der Waals surface area contributed by atoms with Crippen LogP contribution < -0.4 is 0 Å². The fourth-order valence-corrected chi connectivity index (χ4v) is 3.57. The van der Waals surface area contributed by atoms with E-state index in [4.69, 9.17) is 4.74 Å². The Morgan fingerprint density at radius 1 is 1.25 bits per heavy atom. The average Bonchev–Trinajstić information content (AvgIpc) is 2.83. The Hall–Kier alpha value is -1.00. The number of aromatic nitrogens is 2. The van der Waals surface area contributed by atoms with E-state index in [2.05, 4.69) is 21.8 Å². The van der Waals surface area contributed by atoms with Gasteiger partial charge in [0.25, 0.3) is 0 Å². The Morgan fingerprint density at radius 2 is 2.05 bits per heavy atom. The van der Waals surface area contributed by atoms with Gasteiger partial charge in [-0.2, -0.15) is 0 Å². The molecule has 1 aromatic rings. The van der Waals surface area contributed by atoms with Crippen LogP contribution in [0.25, 0.3) is 0 Å².